The number of nitrogens with zero attached hydrogens (tertiary/aromatic N) is 1. The molecule has 0 aromatic heterocycles. The van der Waals surface area contributed by atoms with Gasteiger partial charge in [-0.05, 0) is 45.2 Å². The van der Waals surface area contributed by atoms with Gasteiger partial charge in [0.05, 0.1) is 0 Å². The summed E-state index contributed by atoms with van der Waals surface area (Å²) >= 11 is 0. The zero-order valence-corrected chi connectivity index (χ0v) is 9.54. The van der Waals surface area contributed by atoms with Crippen LogP contribution in [0.2, 0.25) is 0 Å². The molecular weight excluding hydrogens is 174 g/mol. The molecule has 0 amide bonds. The van der Waals surface area contributed by atoms with Gasteiger partial charge in [0.15, 0.2) is 0 Å². The van der Waals surface area contributed by atoms with Gasteiger partial charge in [0, 0.05) is 12.6 Å². The van der Waals surface area contributed by atoms with E-state index >= 15 is 0 Å². The van der Waals surface area contributed by atoms with E-state index in [-0.39, 0.29) is 0 Å². The highest BCUT2D eigenvalue weighted by Gasteiger charge is 2.22. The zero-order valence-electron chi connectivity index (χ0n) is 9.54. The normalized spacial score (nSPS) is 23.1. The van der Waals surface area contributed by atoms with Crippen LogP contribution in [0, 0.1) is 0 Å². The van der Waals surface area contributed by atoms with Gasteiger partial charge in [-0.2, -0.15) is 0 Å². The average molecular weight is 199 g/mol. The first-order valence-electron chi connectivity index (χ1n) is 6.23. The van der Waals surface area contributed by atoms with Gasteiger partial charge >= 0.3 is 0 Å². The van der Waals surface area contributed by atoms with E-state index in [0.717, 1.165) is 12.5 Å². The highest BCUT2D eigenvalue weighted by Crippen LogP contribution is 2.21. The maximum Gasteiger partial charge on any atom is 0.0431 e. The van der Waals surface area contributed by atoms with Gasteiger partial charge in [-0.15, -0.1) is 0 Å². The summed E-state index contributed by atoms with van der Waals surface area (Å²) in [6, 6.07) is 0.777. The summed E-state index contributed by atoms with van der Waals surface area (Å²) in [5.41, 5.74) is 0. The topological polar surface area (TPSA) is 23.5 Å². The Morgan fingerprint density at radius 1 is 1.29 bits per heavy atom. The van der Waals surface area contributed by atoms with Crippen molar-refractivity contribution in [2.45, 2.75) is 57.9 Å². The van der Waals surface area contributed by atoms with Crippen LogP contribution in [-0.2, 0) is 0 Å². The number of aliphatic hydroxyl groups excluding tert-OH is 1. The molecule has 1 heterocycles. The fourth-order valence-electron chi connectivity index (χ4n) is 2.41. The Balaban J connectivity index is 2.14. The maximum absolute atomic E-state index is 8.81. The molecule has 1 unspecified atom stereocenters. The fourth-order valence-corrected chi connectivity index (χ4v) is 2.41. The third-order valence-corrected chi connectivity index (χ3v) is 3.24. The van der Waals surface area contributed by atoms with Gasteiger partial charge in [-0.1, -0.05) is 19.8 Å². The van der Waals surface area contributed by atoms with Gasteiger partial charge in [0.2, 0.25) is 0 Å². The van der Waals surface area contributed by atoms with E-state index in [4.69, 9.17) is 5.11 Å². The number of hydrogen-bond donors (Lipinski definition) is 1. The van der Waals surface area contributed by atoms with Gasteiger partial charge in [-0.3, -0.25) is 0 Å². The van der Waals surface area contributed by atoms with Gasteiger partial charge < -0.3 is 10.0 Å². The van der Waals surface area contributed by atoms with Gasteiger partial charge in [0.1, 0.15) is 0 Å². The van der Waals surface area contributed by atoms with E-state index in [1.807, 2.05) is 0 Å². The minimum Gasteiger partial charge on any atom is -0.396 e. The van der Waals surface area contributed by atoms with E-state index in [1.54, 1.807) is 0 Å². The Morgan fingerprint density at radius 3 is 2.86 bits per heavy atom. The Hall–Kier alpha value is -0.0800. The molecule has 0 aromatic rings. The van der Waals surface area contributed by atoms with Crippen molar-refractivity contribution in [2.24, 2.45) is 0 Å². The van der Waals surface area contributed by atoms with E-state index in [1.165, 1.54) is 51.6 Å². The molecule has 0 saturated carbocycles. The fraction of sp³-hybridized carbons (Fsp3) is 1.00. The molecular formula is C12H25NO. The molecule has 0 aliphatic carbocycles. The van der Waals surface area contributed by atoms with Gasteiger partial charge in [-0.25, -0.2) is 0 Å². The SMILES string of the molecule is CCCCCN1CCCC1CCCO. The monoisotopic (exact) mass is 199 g/mol. The Kier molecular flexibility index (Phi) is 6.20. The summed E-state index contributed by atoms with van der Waals surface area (Å²) in [4.78, 5) is 2.63. The second-order valence-corrected chi connectivity index (χ2v) is 4.40. The molecule has 2 nitrogen and oxygen atoms in total. The van der Waals surface area contributed by atoms with Crippen LogP contribution < -0.4 is 0 Å². The van der Waals surface area contributed by atoms with Crippen molar-refractivity contribution in [3.8, 4) is 0 Å². The molecule has 14 heavy (non-hydrogen) atoms. The van der Waals surface area contributed by atoms with Crippen molar-refractivity contribution in [1.82, 2.24) is 4.90 Å². The van der Waals surface area contributed by atoms with Crippen LogP contribution in [0.4, 0.5) is 0 Å². The number of rotatable bonds is 7. The Morgan fingerprint density at radius 2 is 2.14 bits per heavy atom. The molecule has 2 heteroatoms. The van der Waals surface area contributed by atoms with Crippen LogP contribution in [0.25, 0.3) is 0 Å². The van der Waals surface area contributed by atoms with Crippen molar-refractivity contribution >= 4 is 0 Å². The third kappa shape index (κ3) is 3.97. The molecule has 1 aliphatic rings. The zero-order chi connectivity index (χ0) is 10.2. The van der Waals surface area contributed by atoms with E-state index < -0.39 is 0 Å². The lowest BCUT2D eigenvalue weighted by atomic mass is 10.1. The predicted molar refractivity (Wildman–Crippen MR) is 60.4 cm³/mol. The minimum absolute atomic E-state index is 0.360. The standard InChI is InChI=1S/C12H25NO/c1-2-3-4-9-13-10-5-7-12(13)8-6-11-14/h12,14H,2-11H2,1H3. The lowest BCUT2D eigenvalue weighted by Crippen LogP contribution is -2.30. The molecule has 0 radical (unpaired) electrons. The molecule has 1 fully saturated rings. The Labute approximate surface area is 88.3 Å². The molecule has 84 valence electrons. The first-order valence-corrected chi connectivity index (χ1v) is 6.23. The maximum atomic E-state index is 8.81. The van der Waals surface area contributed by atoms with E-state index in [2.05, 4.69) is 11.8 Å². The van der Waals surface area contributed by atoms with Crippen molar-refractivity contribution in [2.75, 3.05) is 19.7 Å². The lowest BCUT2D eigenvalue weighted by Gasteiger charge is -2.24. The summed E-state index contributed by atoms with van der Waals surface area (Å²) in [7, 11) is 0. The summed E-state index contributed by atoms with van der Waals surface area (Å²) in [5.74, 6) is 0. The largest absolute Gasteiger partial charge is 0.396 e. The second kappa shape index (κ2) is 7.24. The first-order chi connectivity index (χ1) is 6.88. The highest BCUT2D eigenvalue weighted by atomic mass is 16.2. The van der Waals surface area contributed by atoms with Crippen LogP contribution in [0.1, 0.15) is 51.9 Å². The van der Waals surface area contributed by atoms with E-state index in [9.17, 15) is 0 Å². The molecule has 1 rings (SSSR count). The number of likely N-dealkylation sites (tertiary alicyclic amines) is 1. The van der Waals surface area contributed by atoms with Crippen LogP contribution in [0.3, 0.4) is 0 Å². The molecule has 1 atom stereocenters. The average Bonchev–Trinajstić information content (AvgIpc) is 2.63. The second-order valence-electron chi connectivity index (χ2n) is 4.40. The van der Waals surface area contributed by atoms with Gasteiger partial charge in [0.25, 0.3) is 0 Å². The van der Waals surface area contributed by atoms with Crippen LogP contribution in [0.5, 0.6) is 0 Å². The van der Waals surface area contributed by atoms with Crippen LogP contribution in [-0.4, -0.2) is 35.7 Å². The molecule has 1 aliphatic heterocycles. The smallest absolute Gasteiger partial charge is 0.0431 e. The molecule has 0 spiro atoms. The molecule has 0 bridgehead atoms. The summed E-state index contributed by atoms with van der Waals surface area (Å²) in [6.07, 6.45) is 8.93. The third-order valence-electron chi connectivity index (χ3n) is 3.24. The minimum atomic E-state index is 0.360. The first kappa shape index (κ1) is 12.0. The summed E-state index contributed by atoms with van der Waals surface area (Å²) < 4.78 is 0. The van der Waals surface area contributed by atoms with Crippen LogP contribution >= 0.6 is 0 Å². The quantitative estimate of drug-likeness (QED) is 0.636. The highest BCUT2D eigenvalue weighted by molar-refractivity contribution is 4.78. The molecule has 1 N–H and O–H groups in total. The number of hydrogen-bond acceptors (Lipinski definition) is 2. The van der Waals surface area contributed by atoms with Crippen molar-refractivity contribution in [3.05, 3.63) is 0 Å². The Bertz CT molecular complexity index is 138. The predicted octanol–water partition coefficient (Wildman–Crippen LogP) is 2.41. The molecule has 0 aromatic carbocycles. The number of unbranched alkanes of at least 4 members (excludes halogenated alkanes) is 2. The van der Waals surface area contributed by atoms with Crippen LogP contribution in [0.15, 0.2) is 0 Å². The summed E-state index contributed by atoms with van der Waals surface area (Å²) in [6.45, 7) is 5.19. The molecule has 1 saturated heterocycles. The lowest BCUT2D eigenvalue weighted by molar-refractivity contribution is 0.213. The number of aliphatic hydroxyl groups is 1. The van der Waals surface area contributed by atoms with Crippen molar-refractivity contribution in [3.63, 3.8) is 0 Å². The van der Waals surface area contributed by atoms with Crippen molar-refractivity contribution < 1.29 is 5.11 Å². The summed E-state index contributed by atoms with van der Waals surface area (Å²) in [5, 5.41) is 8.81. The van der Waals surface area contributed by atoms with Crippen molar-refractivity contribution in [1.29, 1.82) is 0 Å². The van der Waals surface area contributed by atoms with E-state index in [0.29, 0.717) is 6.61 Å².